The number of carbonyl (C=O) groups excluding carboxylic acids is 1. The first-order valence-electron chi connectivity index (χ1n) is 9.96. The third-order valence-corrected chi connectivity index (χ3v) is 5.41. The highest BCUT2D eigenvalue weighted by atomic mass is 32.2. The molecule has 1 atom stereocenters. The van der Waals surface area contributed by atoms with Crippen LogP contribution in [0.1, 0.15) is 27.9 Å². The molecule has 2 aromatic carbocycles. The molecule has 0 aliphatic heterocycles. The van der Waals surface area contributed by atoms with Crippen LogP contribution in [0.25, 0.3) is 22.3 Å². The van der Waals surface area contributed by atoms with Crippen molar-refractivity contribution in [1.29, 1.82) is 0 Å². The zero-order valence-corrected chi connectivity index (χ0v) is 18.0. The van der Waals surface area contributed by atoms with Gasteiger partial charge in [0.1, 0.15) is 0 Å². The van der Waals surface area contributed by atoms with Gasteiger partial charge in [-0.25, -0.2) is 22.7 Å². The summed E-state index contributed by atoms with van der Waals surface area (Å²) in [4.78, 5) is 26.0. The van der Waals surface area contributed by atoms with E-state index >= 15 is 0 Å². The third-order valence-electron chi connectivity index (χ3n) is 4.96. The van der Waals surface area contributed by atoms with Gasteiger partial charge >= 0.3 is 0 Å². The van der Waals surface area contributed by atoms with Crippen LogP contribution in [0.15, 0.2) is 61.1 Å². The summed E-state index contributed by atoms with van der Waals surface area (Å²) in [5.74, 6) is -3.04. The maximum Gasteiger partial charge on any atom is 0.231 e. The molecule has 0 amide bonds. The Labute approximate surface area is 190 Å². The van der Waals surface area contributed by atoms with E-state index in [1.165, 1.54) is 18.2 Å². The quantitative estimate of drug-likeness (QED) is 0.231. The van der Waals surface area contributed by atoms with Crippen LogP contribution in [0.5, 0.6) is 0 Å². The molecule has 2 heterocycles. The molecule has 168 valence electrons. The molecule has 0 saturated carbocycles. The summed E-state index contributed by atoms with van der Waals surface area (Å²) in [6.07, 6.45) is 5.57. The number of aromatic nitrogens is 3. The Morgan fingerprint density at radius 1 is 1.09 bits per heavy atom. The number of rotatable bonds is 8. The second kappa shape index (κ2) is 9.99. The molecule has 2 aromatic heterocycles. The van der Waals surface area contributed by atoms with Crippen molar-refractivity contribution in [2.24, 2.45) is 0 Å². The number of nitrogens with zero attached hydrogens (tertiary/aromatic N) is 3. The van der Waals surface area contributed by atoms with E-state index in [4.69, 9.17) is 4.55 Å². The highest BCUT2D eigenvalue weighted by Gasteiger charge is 2.19. The fourth-order valence-electron chi connectivity index (χ4n) is 3.37. The van der Waals surface area contributed by atoms with Gasteiger partial charge in [-0.05, 0) is 60.9 Å². The van der Waals surface area contributed by atoms with Crippen LogP contribution in [0.2, 0.25) is 0 Å². The molecular weight excluding hydrogens is 450 g/mol. The van der Waals surface area contributed by atoms with Gasteiger partial charge in [-0.3, -0.25) is 19.3 Å². The highest BCUT2D eigenvalue weighted by Crippen LogP contribution is 2.23. The van der Waals surface area contributed by atoms with E-state index in [1.54, 1.807) is 30.7 Å². The summed E-state index contributed by atoms with van der Waals surface area (Å²) in [7, 11) is 0. The van der Waals surface area contributed by atoms with Gasteiger partial charge in [0, 0.05) is 30.1 Å². The van der Waals surface area contributed by atoms with E-state index in [0.29, 0.717) is 35.1 Å². The second-order valence-electron chi connectivity index (χ2n) is 7.22. The van der Waals surface area contributed by atoms with Gasteiger partial charge in [0.15, 0.2) is 17.4 Å². The Morgan fingerprint density at radius 3 is 2.70 bits per heavy atom. The number of carbonyl (C=O) groups is 1. The van der Waals surface area contributed by atoms with Crippen molar-refractivity contribution in [1.82, 2.24) is 19.7 Å². The number of benzene rings is 2. The number of hydrogen-bond acceptors (Lipinski definition) is 5. The molecule has 2 N–H and O–H groups in total. The summed E-state index contributed by atoms with van der Waals surface area (Å²) in [6.45, 7) is 0.202. The summed E-state index contributed by atoms with van der Waals surface area (Å²) in [5, 5.41) is 0. The SMILES string of the molecule is O=C(c1ccc2ncc(-c3cccnc3)nc2c1)c1cc(CCCNS(=O)O)cc(F)c1F. The molecule has 4 aromatic rings. The van der Waals surface area contributed by atoms with Crippen LogP contribution in [0.4, 0.5) is 8.78 Å². The number of halogens is 2. The maximum atomic E-state index is 14.5. The number of fused-ring (bicyclic) bond motifs is 1. The molecular formula is C23H18F2N4O3S. The van der Waals surface area contributed by atoms with E-state index in [2.05, 4.69) is 19.7 Å². The largest absolute Gasteiger partial charge is 0.294 e. The van der Waals surface area contributed by atoms with Crippen molar-refractivity contribution in [3.8, 4) is 11.3 Å². The molecule has 7 nitrogen and oxygen atoms in total. The molecule has 0 aliphatic carbocycles. The standard InChI is InChI=1S/C23H18F2N4O3S/c24-18-10-14(3-1-8-28-33(31)32)9-17(22(18)25)23(30)15-5-6-19-20(11-15)29-21(13-27-19)16-4-2-7-26-12-16/h2,4-7,9-13,28H,1,3,8H2,(H,31,32). The molecule has 0 spiro atoms. The van der Waals surface area contributed by atoms with Crippen LogP contribution in [-0.2, 0) is 17.7 Å². The Kier molecular flexibility index (Phi) is 6.87. The fourth-order valence-corrected chi connectivity index (χ4v) is 3.69. The Morgan fingerprint density at radius 2 is 1.94 bits per heavy atom. The lowest BCUT2D eigenvalue weighted by Gasteiger charge is -2.09. The van der Waals surface area contributed by atoms with Crippen molar-refractivity contribution in [2.45, 2.75) is 12.8 Å². The van der Waals surface area contributed by atoms with Crippen LogP contribution in [-0.4, -0.2) is 36.0 Å². The van der Waals surface area contributed by atoms with Crippen molar-refractivity contribution in [3.05, 3.63) is 89.4 Å². The summed E-state index contributed by atoms with van der Waals surface area (Å²) < 4.78 is 50.4. The average molecular weight is 468 g/mol. The van der Waals surface area contributed by atoms with Gasteiger partial charge in [0.25, 0.3) is 0 Å². The van der Waals surface area contributed by atoms with E-state index in [9.17, 15) is 17.8 Å². The van der Waals surface area contributed by atoms with Gasteiger partial charge in [-0.15, -0.1) is 0 Å². The van der Waals surface area contributed by atoms with Gasteiger partial charge in [-0.2, -0.15) is 0 Å². The number of aryl methyl sites for hydroxylation is 1. The monoisotopic (exact) mass is 468 g/mol. The predicted octanol–water partition coefficient (Wildman–Crippen LogP) is 3.86. The number of nitrogens with one attached hydrogen (secondary N) is 1. The fraction of sp³-hybridized carbons (Fsp3) is 0.130. The van der Waals surface area contributed by atoms with Gasteiger partial charge in [-0.1, -0.05) is 0 Å². The van der Waals surface area contributed by atoms with Crippen molar-refractivity contribution < 1.29 is 22.3 Å². The summed E-state index contributed by atoms with van der Waals surface area (Å²) >= 11 is -2.15. The van der Waals surface area contributed by atoms with Crippen molar-refractivity contribution in [3.63, 3.8) is 0 Å². The minimum absolute atomic E-state index is 0.146. The Balaban J connectivity index is 1.64. The minimum Gasteiger partial charge on any atom is -0.294 e. The Bertz CT molecular complexity index is 1350. The van der Waals surface area contributed by atoms with Gasteiger partial charge < -0.3 is 0 Å². The molecule has 1 unspecified atom stereocenters. The predicted molar refractivity (Wildman–Crippen MR) is 120 cm³/mol. The lowest BCUT2D eigenvalue weighted by molar-refractivity contribution is 0.103. The van der Waals surface area contributed by atoms with Crippen LogP contribution < -0.4 is 4.72 Å². The topological polar surface area (TPSA) is 105 Å². The first-order chi connectivity index (χ1) is 15.9. The van der Waals surface area contributed by atoms with E-state index in [1.807, 2.05) is 6.07 Å². The number of pyridine rings is 1. The molecule has 0 aliphatic rings. The molecule has 0 bridgehead atoms. The number of hydrogen-bond donors (Lipinski definition) is 2. The van der Waals surface area contributed by atoms with E-state index in [-0.39, 0.29) is 17.7 Å². The van der Waals surface area contributed by atoms with Crippen LogP contribution in [0, 0.1) is 11.6 Å². The van der Waals surface area contributed by atoms with Crippen LogP contribution in [0.3, 0.4) is 0 Å². The normalized spacial score (nSPS) is 12.1. The first kappa shape index (κ1) is 22.7. The van der Waals surface area contributed by atoms with Crippen LogP contribution >= 0.6 is 0 Å². The molecule has 0 saturated heterocycles. The summed E-state index contributed by atoms with van der Waals surface area (Å²) in [6, 6.07) is 10.5. The second-order valence-corrected chi connectivity index (χ2v) is 8.00. The molecule has 10 heteroatoms. The average Bonchev–Trinajstić information content (AvgIpc) is 2.83. The molecule has 0 radical (unpaired) electrons. The zero-order valence-electron chi connectivity index (χ0n) is 17.2. The lowest BCUT2D eigenvalue weighted by Crippen LogP contribution is -2.18. The van der Waals surface area contributed by atoms with Crippen molar-refractivity contribution in [2.75, 3.05) is 6.54 Å². The van der Waals surface area contributed by atoms with Crippen molar-refractivity contribution >= 4 is 28.1 Å². The summed E-state index contributed by atoms with van der Waals surface area (Å²) in [5.41, 5.74) is 2.46. The Hall–Kier alpha value is -3.47. The highest BCUT2D eigenvalue weighted by molar-refractivity contribution is 7.77. The van der Waals surface area contributed by atoms with Gasteiger partial charge in [0.2, 0.25) is 11.3 Å². The number of ketones is 1. The minimum atomic E-state index is -2.15. The van der Waals surface area contributed by atoms with E-state index in [0.717, 1.165) is 11.6 Å². The van der Waals surface area contributed by atoms with E-state index < -0.39 is 28.7 Å². The molecule has 33 heavy (non-hydrogen) atoms. The first-order valence-corrected chi connectivity index (χ1v) is 11.1. The third kappa shape index (κ3) is 5.30. The maximum absolute atomic E-state index is 14.5. The zero-order chi connectivity index (χ0) is 23.4. The smallest absolute Gasteiger partial charge is 0.231 e. The lowest BCUT2D eigenvalue weighted by atomic mass is 9.98. The van der Waals surface area contributed by atoms with Gasteiger partial charge in [0.05, 0.1) is 28.5 Å². The molecule has 0 fully saturated rings. The molecule has 4 rings (SSSR count).